The molecule has 1 aromatic rings. The van der Waals surface area contributed by atoms with Gasteiger partial charge in [0.1, 0.15) is 6.04 Å². The van der Waals surface area contributed by atoms with E-state index < -0.39 is 27.9 Å². The average Bonchev–Trinajstić information content (AvgIpc) is 3.20. The standard InChI is InChI=1S/C18H26N2O5S/c1-4-13(2)16(18(22)25-3)19-17(21)14-8-7-9-15(12-14)26(23,24)20-10-5-6-11-20/h7-9,12-13,16H,4-6,10-11H2,1-3H3,(H,19,21)/t13-,16-/m0/s1. The van der Waals surface area contributed by atoms with Crippen LogP contribution in [0.3, 0.4) is 0 Å². The predicted octanol–water partition coefficient (Wildman–Crippen LogP) is 1.79. The molecule has 0 unspecified atom stereocenters. The number of ether oxygens (including phenoxy) is 1. The lowest BCUT2D eigenvalue weighted by Crippen LogP contribution is -2.45. The molecular formula is C18H26N2O5S. The highest BCUT2D eigenvalue weighted by Gasteiger charge is 2.29. The summed E-state index contributed by atoms with van der Waals surface area (Å²) >= 11 is 0. The van der Waals surface area contributed by atoms with Crippen LogP contribution in [0.15, 0.2) is 29.2 Å². The van der Waals surface area contributed by atoms with Crippen molar-refractivity contribution in [1.82, 2.24) is 9.62 Å². The van der Waals surface area contributed by atoms with E-state index in [1.54, 1.807) is 0 Å². The van der Waals surface area contributed by atoms with Crippen LogP contribution in [0, 0.1) is 5.92 Å². The first-order chi connectivity index (χ1) is 12.3. The van der Waals surface area contributed by atoms with Crippen molar-refractivity contribution in [2.24, 2.45) is 5.92 Å². The zero-order valence-electron chi connectivity index (χ0n) is 15.4. The highest BCUT2D eigenvalue weighted by molar-refractivity contribution is 7.89. The van der Waals surface area contributed by atoms with Crippen LogP contribution in [-0.2, 0) is 19.6 Å². The predicted molar refractivity (Wildman–Crippen MR) is 97.2 cm³/mol. The molecule has 1 saturated heterocycles. The fourth-order valence-electron chi connectivity index (χ4n) is 2.90. The summed E-state index contributed by atoms with van der Waals surface area (Å²) in [7, 11) is -2.33. The van der Waals surface area contributed by atoms with Gasteiger partial charge in [-0.3, -0.25) is 4.79 Å². The van der Waals surface area contributed by atoms with Crippen LogP contribution >= 0.6 is 0 Å². The Hall–Kier alpha value is -1.93. The Labute approximate surface area is 154 Å². The number of carbonyl (C=O) groups excluding carboxylic acids is 2. The third-order valence-electron chi connectivity index (χ3n) is 4.75. The van der Waals surface area contributed by atoms with E-state index in [-0.39, 0.29) is 16.4 Å². The first-order valence-electron chi connectivity index (χ1n) is 8.80. The Morgan fingerprint density at radius 2 is 1.92 bits per heavy atom. The van der Waals surface area contributed by atoms with Gasteiger partial charge in [0.25, 0.3) is 5.91 Å². The second kappa shape index (κ2) is 8.64. The first-order valence-corrected chi connectivity index (χ1v) is 10.2. The molecule has 144 valence electrons. The van der Waals surface area contributed by atoms with Crippen molar-refractivity contribution in [3.05, 3.63) is 29.8 Å². The summed E-state index contributed by atoms with van der Waals surface area (Å²) in [6.45, 7) is 4.75. The van der Waals surface area contributed by atoms with Crippen LogP contribution in [0.2, 0.25) is 0 Å². The molecule has 0 radical (unpaired) electrons. The monoisotopic (exact) mass is 382 g/mol. The van der Waals surface area contributed by atoms with Gasteiger partial charge >= 0.3 is 5.97 Å². The second-order valence-electron chi connectivity index (χ2n) is 6.50. The van der Waals surface area contributed by atoms with Crippen molar-refractivity contribution in [2.45, 2.75) is 44.0 Å². The maximum Gasteiger partial charge on any atom is 0.328 e. The number of esters is 1. The zero-order valence-corrected chi connectivity index (χ0v) is 16.2. The zero-order chi connectivity index (χ0) is 19.3. The first kappa shape index (κ1) is 20.4. The van der Waals surface area contributed by atoms with Crippen molar-refractivity contribution < 1.29 is 22.7 Å². The van der Waals surface area contributed by atoms with E-state index in [0.29, 0.717) is 19.5 Å². The Balaban J connectivity index is 2.23. The van der Waals surface area contributed by atoms with Crippen LogP contribution in [0.5, 0.6) is 0 Å². The number of sulfonamides is 1. The number of amides is 1. The highest BCUT2D eigenvalue weighted by atomic mass is 32.2. The maximum absolute atomic E-state index is 12.7. The third kappa shape index (κ3) is 4.42. The molecule has 2 atom stereocenters. The fourth-order valence-corrected chi connectivity index (χ4v) is 4.46. The van der Waals surface area contributed by atoms with Crippen LogP contribution < -0.4 is 5.32 Å². The summed E-state index contributed by atoms with van der Waals surface area (Å²) in [4.78, 5) is 24.6. The summed E-state index contributed by atoms with van der Waals surface area (Å²) in [5.41, 5.74) is 0.197. The maximum atomic E-state index is 12.7. The Bertz CT molecular complexity index is 757. The van der Waals surface area contributed by atoms with Gasteiger partial charge in [-0.25, -0.2) is 13.2 Å². The van der Waals surface area contributed by atoms with E-state index in [1.807, 2.05) is 13.8 Å². The van der Waals surface area contributed by atoms with Crippen molar-refractivity contribution in [2.75, 3.05) is 20.2 Å². The van der Waals surface area contributed by atoms with Crippen LogP contribution in [-0.4, -0.2) is 50.8 Å². The molecule has 0 saturated carbocycles. The third-order valence-corrected chi connectivity index (χ3v) is 6.65. The van der Waals surface area contributed by atoms with Crippen molar-refractivity contribution in [3.8, 4) is 0 Å². The van der Waals surface area contributed by atoms with E-state index >= 15 is 0 Å². The summed E-state index contributed by atoms with van der Waals surface area (Å²) in [5, 5.41) is 2.66. The molecule has 2 rings (SSSR count). The Kier molecular flexibility index (Phi) is 6.77. The SMILES string of the molecule is CC[C@H](C)[C@H](NC(=O)c1cccc(S(=O)(=O)N2CCCC2)c1)C(=O)OC. The van der Waals surface area contributed by atoms with Crippen LogP contribution in [0.1, 0.15) is 43.5 Å². The van der Waals surface area contributed by atoms with Gasteiger partial charge in [-0.2, -0.15) is 4.31 Å². The highest BCUT2D eigenvalue weighted by Crippen LogP contribution is 2.21. The van der Waals surface area contributed by atoms with Gasteiger partial charge in [0.2, 0.25) is 10.0 Å². The fraction of sp³-hybridized carbons (Fsp3) is 0.556. The van der Waals surface area contributed by atoms with Crippen LogP contribution in [0.25, 0.3) is 0 Å². The van der Waals surface area contributed by atoms with Gasteiger partial charge < -0.3 is 10.1 Å². The summed E-state index contributed by atoms with van der Waals surface area (Å²) in [6.07, 6.45) is 2.37. The van der Waals surface area contributed by atoms with Crippen molar-refractivity contribution in [3.63, 3.8) is 0 Å². The van der Waals surface area contributed by atoms with Gasteiger partial charge in [-0.05, 0) is 37.0 Å². The molecule has 1 amide bonds. The number of methoxy groups -OCH3 is 1. The number of carbonyl (C=O) groups is 2. The molecule has 1 aliphatic heterocycles. The van der Waals surface area contributed by atoms with E-state index in [0.717, 1.165) is 12.8 Å². The number of nitrogens with one attached hydrogen (secondary N) is 1. The molecule has 26 heavy (non-hydrogen) atoms. The molecule has 8 heteroatoms. The molecule has 0 bridgehead atoms. The van der Waals surface area contributed by atoms with Gasteiger partial charge in [-0.15, -0.1) is 0 Å². The minimum atomic E-state index is -3.60. The normalized spacial score (nSPS) is 17.5. The molecule has 7 nitrogen and oxygen atoms in total. The van der Waals surface area contributed by atoms with E-state index in [9.17, 15) is 18.0 Å². The van der Waals surface area contributed by atoms with Gasteiger partial charge in [0.15, 0.2) is 0 Å². The number of nitrogens with zero attached hydrogens (tertiary/aromatic N) is 1. The van der Waals surface area contributed by atoms with Crippen molar-refractivity contribution >= 4 is 21.9 Å². The minimum Gasteiger partial charge on any atom is -0.467 e. The van der Waals surface area contributed by atoms with Gasteiger partial charge in [-0.1, -0.05) is 26.3 Å². The second-order valence-corrected chi connectivity index (χ2v) is 8.44. The molecule has 0 spiro atoms. The molecule has 0 aliphatic carbocycles. The molecule has 1 aliphatic rings. The lowest BCUT2D eigenvalue weighted by atomic mass is 9.99. The largest absolute Gasteiger partial charge is 0.467 e. The van der Waals surface area contributed by atoms with Gasteiger partial charge in [0, 0.05) is 18.7 Å². The molecule has 1 N–H and O–H groups in total. The lowest BCUT2D eigenvalue weighted by molar-refractivity contribution is -0.144. The Morgan fingerprint density at radius 3 is 2.50 bits per heavy atom. The quantitative estimate of drug-likeness (QED) is 0.726. The number of benzene rings is 1. The van der Waals surface area contributed by atoms with Crippen molar-refractivity contribution in [1.29, 1.82) is 0 Å². The molecule has 1 heterocycles. The molecule has 1 aromatic carbocycles. The minimum absolute atomic E-state index is 0.0882. The van der Waals surface area contributed by atoms with E-state index in [4.69, 9.17) is 4.74 Å². The number of hydrogen-bond donors (Lipinski definition) is 1. The topological polar surface area (TPSA) is 92.8 Å². The molecular weight excluding hydrogens is 356 g/mol. The summed E-state index contributed by atoms with van der Waals surface area (Å²) < 4.78 is 31.5. The number of rotatable bonds is 7. The van der Waals surface area contributed by atoms with Gasteiger partial charge in [0.05, 0.1) is 12.0 Å². The number of hydrogen-bond acceptors (Lipinski definition) is 5. The lowest BCUT2D eigenvalue weighted by Gasteiger charge is -2.22. The van der Waals surface area contributed by atoms with E-state index in [1.165, 1.54) is 35.7 Å². The summed E-state index contributed by atoms with van der Waals surface area (Å²) in [5.74, 6) is -1.13. The molecule has 0 aromatic heterocycles. The Morgan fingerprint density at radius 1 is 1.27 bits per heavy atom. The van der Waals surface area contributed by atoms with E-state index in [2.05, 4.69) is 5.32 Å². The van der Waals surface area contributed by atoms with Crippen LogP contribution in [0.4, 0.5) is 0 Å². The smallest absolute Gasteiger partial charge is 0.328 e. The average molecular weight is 382 g/mol. The summed E-state index contributed by atoms with van der Waals surface area (Å²) in [6, 6.07) is 5.12. The molecule has 1 fully saturated rings.